The third-order valence-corrected chi connectivity index (χ3v) is 3.79. The Morgan fingerprint density at radius 2 is 2.35 bits per heavy atom. The second-order valence-corrected chi connectivity index (χ2v) is 5.44. The molecule has 2 rings (SSSR count). The zero-order valence-corrected chi connectivity index (χ0v) is 13.2. The van der Waals surface area contributed by atoms with Crippen LogP contribution < -0.4 is 17.2 Å². The van der Waals surface area contributed by atoms with Gasteiger partial charge >= 0.3 is 11.7 Å². The molecule has 1 saturated heterocycles. The van der Waals surface area contributed by atoms with Gasteiger partial charge in [0.2, 0.25) is 0 Å². The number of nitrogen functional groups attached to an aromatic ring is 1. The van der Waals surface area contributed by atoms with Crippen molar-refractivity contribution in [3.05, 3.63) is 22.7 Å². The van der Waals surface area contributed by atoms with Crippen LogP contribution in [-0.4, -0.2) is 41.1 Å². The molecule has 1 aromatic heterocycles. The number of carbonyl (C=O) groups is 1. The van der Waals surface area contributed by atoms with Gasteiger partial charge in [0.15, 0.2) is 12.5 Å². The Morgan fingerprint density at radius 1 is 1.61 bits per heavy atom. The molecule has 4 atom stereocenters. The Morgan fingerprint density at radius 3 is 3.00 bits per heavy atom. The predicted molar refractivity (Wildman–Crippen MR) is 81.2 cm³/mol. The highest BCUT2D eigenvalue weighted by Gasteiger charge is 2.30. The van der Waals surface area contributed by atoms with E-state index in [0.717, 1.165) is 6.42 Å². The van der Waals surface area contributed by atoms with Gasteiger partial charge in [-0.05, 0) is 12.0 Å². The van der Waals surface area contributed by atoms with Crippen molar-refractivity contribution >= 4 is 11.8 Å². The van der Waals surface area contributed by atoms with Crippen LogP contribution in [-0.2, 0) is 19.0 Å². The molecule has 0 radical (unpaired) electrons. The number of nitrogens with zero attached hydrogens (tertiary/aromatic N) is 2. The maximum absolute atomic E-state index is 11.8. The quantitative estimate of drug-likeness (QED) is 0.676. The largest absolute Gasteiger partial charge is 0.459 e. The molecule has 1 fully saturated rings. The van der Waals surface area contributed by atoms with Crippen molar-refractivity contribution in [1.82, 2.24) is 9.55 Å². The number of nitrogens with two attached hydrogens (primary N) is 2. The number of hydrogen-bond donors (Lipinski definition) is 2. The second kappa shape index (κ2) is 7.53. The van der Waals surface area contributed by atoms with Crippen LogP contribution >= 0.6 is 0 Å². The van der Waals surface area contributed by atoms with Gasteiger partial charge in [-0.3, -0.25) is 9.36 Å². The molecule has 0 spiro atoms. The highest BCUT2D eigenvalue weighted by atomic mass is 16.7. The lowest BCUT2D eigenvalue weighted by Gasteiger charge is -2.18. The zero-order valence-electron chi connectivity index (χ0n) is 13.2. The number of esters is 1. The van der Waals surface area contributed by atoms with Gasteiger partial charge in [-0.25, -0.2) is 4.79 Å². The molecule has 0 aliphatic carbocycles. The van der Waals surface area contributed by atoms with Crippen molar-refractivity contribution in [2.45, 2.75) is 38.8 Å². The van der Waals surface area contributed by atoms with Crippen LogP contribution in [0.1, 0.15) is 26.5 Å². The summed E-state index contributed by atoms with van der Waals surface area (Å²) in [5, 5.41) is 0. The van der Waals surface area contributed by atoms with Crippen molar-refractivity contribution < 1.29 is 19.0 Å². The topological polar surface area (TPSA) is 132 Å². The minimum Gasteiger partial charge on any atom is -0.459 e. The summed E-state index contributed by atoms with van der Waals surface area (Å²) in [4.78, 5) is 27.2. The first-order chi connectivity index (χ1) is 10.9. The molecule has 4 N–H and O–H groups in total. The van der Waals surface area contributed by atoms with Crippen LogP contribution in [0.5, 0.6) is 0 Å². The molecule has 0 bridgehead atoms. The van der Waals surface area contributed by atoms with Crippen LogP contribution in [0.3, 0.4) is 0 Å². The lowest BCUT2D eigenvalue weighted by molar-refractivity contribution is -0.161. The van der Waals surface area contributed by atoms with Gasteiger partial charge in [-0.2, -0.15) is 4.98 Å². The highest BCUT2D eigenvalue weighted by Crippen LogP contribution is 2.20. The van der Waals surface area contributed by atoms with Crippen LogP contribution in [0.25, 0.3) is 0 Å². The molecular formula is C14H22N4O5. The minimum absolute atomic E-state index is 0.0279. The summed E-state index contributed by atoms with van der Waals surface area (Å²) in [5.74, 6) is -0.337. The molecule has 1 aliphatic heterocycles. The number of hydrogen-bond acceptors (Lipinski definition) is 8. The molecule has 1 aliphatic rings. The fraction of sp³-hybridized carbons (Fsp3) is 0.643. The minimum atomic E-state index is -0.752. The Kier molecular flexibility index (Phi) is 5.69. The van der Waals surface area contributed by atoms with Gasteiger partial charge in [0.25, 0.3) is 0 Å². The highest BCUT2D eigenvalue weighted by molar-refractivity contribution is 5.75. The summed E-state index contributed by atoms with van der Waals surface area (Å²) in [6.07, 6.45) is 0.869. The summed E-state index contributed by atoms with van der Waals surface area (Å²) in [6.45, 7) is 3.89. The van der Waals surface area contributed by atoms with Crippen LogP contribution in [0.4, 0.5) is 5.82 Å². The van der Waals surface area contributed by atoms with Crippen LogP contribution in [0, 0.1) is 5.92 Å². The third kappa shape index (κ3) is 4.27. The first-order valence-corrected chi connectivity index (χ1v) is 7.46. The third-order valence-electron chi connectivity index (χ3n) is 3.79. The summed E-state index contributed by atoms with van der Waals surface area (Å²) in [5.41, 5.74) is 10.7. The molecule has 1 aromatic rings. The van der Waals surface area contributed by atoms with E-state index in [4.69, 9.17) is 25.7 Å². The summed E-state index contributed by atoms with van der Waals surface area (Å²) < 4.78 is 17.3. The lowest BCUT2D eigenvalue weighted by atomic mass is 10.0. The van der Waals surface area contributed by atoms with E-state index in [1.807, 2.05) is 13.8 Å². The van der Waals surface area contributed by atoms with Gasteiger partial charge in [0.1, 0.15) is 18.5 Å². The number of aromatic nitrogens is 2. The number of ether oxygens (including phenoxy) is 3. The molecule has 9 nitrogen and oxygen atoms in total. The van der Waals surface area contributed by atoms with E-state index in [0.29, 0.717) is 0 Å². The van der Waals surface area contributed by atoms with Crippen LogP contribution in [0.2, 0.25) is 0 Å². The molecule has 23 heavy (non-hydrogen) atoms. The first-order valence-electron chi connectivity index (χ1n) is 7.46. The number of anilines is 1. The molecule has 0 aromatic carbocycles. The molecule has 1 unspecified atom stereocenters. The van der Waals surface area contributed by atoms with E-state index < -0.39 is 30.2 Å². The van der Waals surface area contributed by atoms with Crippen molar-refractivity contribution in [2.24, 2.45) is 11.7 Å². The summed E-state index contributed by atoms with van der Waals surface area (Å²) in [7, 11) is 0. The van der Waals surface area contributed by atoms with Gasteiger partial charge in [0, 0.05) is 6.20 Å². The molecular weight excluding hydrogens is 304 g/mol. The molecule has 9 heteroatoms. The van der Waals surface area contributed by atoms with Gasteiger partial charge in [-0.1, -0.05) is 20.3 Å². The fourth-order valence-electron chi connectivity index (χ4n) is 2.05. The average molecular weight is 326 g/mol. The number of rotatable bonds is 6. The van der Waals surface area contributed by atoms with E-state index in [9.17, 15) is 9.59 Å². The van der Waals surface area contributed by atoms with E-state index in [2.05, 4.69) is 4.98 Å². The molecule has 0 amide bonds. The smallest absolute Gasteiger partial charge is 0.351 e. The second-order valence-electron chi connectivity index (χ2n) is 5.44. The molecule has 128 valence electrons. The van der Waals surface area contributed by atoms with E-state index in [-0.39, 0.29) is 24.9 Å². The Balaban J connectivity index is 1.86. The monoisotopic (exact) mass is 326 g/mol. The van der Waals surface area contributed by atoms with Crippen LogP contribution in [0.15, 0.2) is 17.1 Å². The Hall–Kier alpha value is -1.97. The normalized spacial score (nSPS) is 23.4. The Bertz CT molecular complexity index is 605. The maximum Gasteiger partial charge on any atom is 0.351 e. The lowest BCUT2D eigenvalue weighted by Crippen LogP contribution is -2.39. The first kappa shape index (κ1) is 17.4. The average Bonchev–Trinajstić information content (AvgIpc) is 2.99. The fourth-order valence-corrected chi connectivity index (χ4v) is 2.05. The zero-order chi connectivity index (χ0) is 17.0. The maximum atomic E-state index is 11.8. The number of carbonyl (C=O) groups excluding carboxylic acids is 1. The predicted octanol–water partition coefficient (Wildman–Crippen LogP) is -0.386. The SMILES string of the molecule is CCC(C)[C@H](N)C(=O)OC[C@H]1OC[C@@H](n2ccc(N)nc2=O)O1. The van der Waals surface area contributed by atoms with Crippen molar-refractivity contribution in [2.75, 3.05) is 18.9 Å². The standard InChI is InChI=1S/C14H22N4O5/c1-3-8(2)12(16)13(19)22-7-11-21-6-10(23-11)18-5-4-9(15)17-14(18)20/h4-5,8,10-12H,3,6-7,16H2,1-2H3,(H2,15,17,20)/t8?,10-,11-,12-/m0/s1. The van der Waals surface area contributed by atoms with E-state index in [1.54, 1.807) is 0 Å². The van der Waals surface area contributed by atoms with E-state index >= 15 is 0 Å². The van der Waals surface area contributed by atoms with Crippen molar-refractivity contribution in [1.29, 1.82) is 0 Å². The van der Waals surface area contributed by atoms with Crippen molar-refractivity contribution in [3.63, 3.8) is 0 Å². The molecule has 0 saturated carbocycles. The summed E-state index contributed by atoms with van der Waals surface area (Å²) >= 11 is 0. The van der Waals surface area contributed by atoms with E-state index in [1.165, 1.54) is 16.8 Å². The van der Waals surface area contributed by atoms with Gasteiger partial charge in [0.05, 0.1) is 6.61 Å². The summed E-state index contributed by atoms with van der Waals surface area (Å²) in [6, 6.07) is 0.810. The van der Waals surface area contributed by atoms with Gasteiger partial charge < -0.3 is 25.7 Å². The Labute approximate surface area is 133 Å². The molecule has 2 heterocycles. The van der Waals surface area contributed by atoms with Gasteiger partial charge in [-0.15, -0.1) is 0 Å². The van der Waals surface area contributed by atoms with Crippen molar-refractivity contribution in [3.8, 4) is 0 Å².